The molecule has 1 fully saturated rings. The number of ether oxygens (including phenoxy) is 1. The number of alkyl halides is 1. The lowest BCUT2D eigenvalue weighted by atomic mass is 9.72. The number of sulfonamides is 1. The second kappa shape index (κ2) is 7.62. The number of nitrogens with zero attached hydrogens (tertiary/aromatic N) is 3. The lowest BCUT2D eigenvalue weighted by Gasteiger charge is -2.49. The Morgan fingerprint density at radius 2 is 2.16 bits per heavy atom. The summed E-state index contributed by atoms with van der Waals surface area (Å²) in [6.07, 6.45) is 3.80. The molecule has 1 saturated heterocycles. The second-order valence-corrected chi connectivity index (χ2v) is 10.3. The zero-order valence-corrected chi connectivity index (χ0v) is 18.3. The largest absolute Gasteiger partial charge is 0.380 e. The molecule has 1 aliphatic carbocycles. The molecule has 3 atom stereocenters. The topological polar surface area (TPSA) is 127 Å². The minimum absolute atomic E-state index is 0.0259. The van der Waals surface area contributed by atoms with Gasteiger partial charge >= 0.3 is 0 Å². The Morgan fingerprint density at radius 1 is 1.41 bits per heavy atom. The van der Waals surface area contributed by atoms with Gasteiger partial charge in [-0.3, -0.25) is 4.79 Å². The van der Waals surface area contributed by atoms with Crippen molar-refractivity contribution in [1.82, 2.24) is 14.6 Å². The number of carbonyl (C=O) groups is 1. The number of hydrogen-bond donors (Lipinski definition) is 2. The van der Waals surface area contributed by atoms with Crippen molar-refractivity contribution in [3.05, 3.63) is 53.3 Å². The van der Waals surface area contributed by atoms with Gasteiger partial charge in [-0.2, -0.15) is 0 Å². The summed E-state index contributed by atoms with van der Waals surface area (Å²) in [6.45, 7) is 1.35. The van der Waals surface area contributed by atoms with Crippen molar-refractivity contribution in [2.75, 3.05) is 20.3 Å². The third-order valence-corrected chi connectivity index (χ3v) is 8.25. The lowest BCUT2D eigenvalue weighted by Crippen LogP contribution is -2.65. The highest BCUT2D eigenvalue weighted by atomic mass is 32.2. The molecular formula is C20H23F2N5O4S. The van der Waals surface area contributed by atoms with E-state index >= 15 is 4.39 Å². The Kier molecular flexibility index (Phi) is 5.32. The van der Waals surface area contributed by atoms with E-state index in [2.05, 4.69) is 15.3 Å². The van der Waals surface area contributed by atoms with Gasteiger partial charge in [-0.15, -0.1) is 0 Å². The van der Waals surface area contributed by atoms with Crippen LogP contribution in [0.5, 0.6) is 0 Å². The molecule has 0 aromatic carbocycles. The quantitative estimate of drug-likeness (QED) is 0.683. The van der Waals surface area contributed by atoms with Gasteiger partial charge in [0.2, 0.25) is 16.0 Å². The second-order valence-electron chi connectivity index (χ2n) is 8.16. The van der Waals surface area contributed by atoms with Gasteiger partial charge in [0, 0.05) is 32.2 Å². The molecule has 3 N–H and O–H groups in total. The van der Waals surface area contributed by atoms with E-state index < -0.39 is 38.2 Å². The van der Waals surface area contributed by atoms with Crippen molar-refractivity contribution in [2.45, 2.75) is 36.2 Å². The Bertz CT molecular complexity index is 1150. The third-order valence-electron chi connectivity index (χ3n) is 6.06. The minimum atomic E-state index is -3.96. The van der Waals surface area contributed by atoms with E-state index in [9.17, 15) is 17.6 Å². The Hall–Kier alpha value is -2.86. The van der Waals surface area contributed by atoms with Crippen LogP contribution >= 0.6 is 0 Å². The van der Waals surface area contributed by atoms with Gasteiger partial charge < -0.3 is 15.8 Å². The standard InChI is InChI=1S/C20H23F2N5O4S/c1-19(22)6-5-13(25-17(28)14-4-3-12(21)10-24-14)9-15(19)20-7-8-31-11-16(20)32(29,30)27(2)18(23)26-20/h3-5,9-10,16H,6-8,11H2,1-2H3,(H2,23,26)(H,25,28)/t16?,19?,20-/m1/s1. The van der Waals surface area contributed by atoms with Gasteiger partial charge in [0.05, 0.1) is 12.8 Å². The van der Waals surface area contributed by atoms with Crippen LogP contribution < -0.4 is 11.1 Å². The number of fused-ring (bicyclic) bond motifs is 1. The maximum atomic E-state index is 15.8. The molecule has 12 heteroatoms. The maximum Gasteiger partial charge on any atom is 0.274 e. The van der Waals surface area contributed by atoms with Crippen molar-refractivity contribution < 1.29 is 26.7 Å². The molecule has 0 radical (unpaired) electrons. The van der Waals surface area contributed by atoms with Crippen LogP contribution in [-0.2, 0) is 14.8 Å². The van der Waals surface area contributed by atoms with E-state index in [-0.39, 0.29) is 49.0 Å². The van der Waals surface area contributed by atoms with Crippen molar-refractivity contribution >= 4 is 21.9 Å². The van der Waals surface area contributed by atoms with Crippen LogP contribution in [0.3, 0.4) is 0 Å². The van der Waals surface area contributed by atoms with Crippen molar-refractivity contribution in [3.8, 4) is 0 Å². The molecular weight excluding hydrogens is 444 g/mol. The number of halogens is 2. The normalized spacial score (nSPS) is 31.7. The summed E-state index contributed by atoms with van der Waals surface area (Å²) in [7, 11) is -2.67. The number of aliphatic imine (C=N–C) groups is 1. The number of aromatic nitrogens is 1. The van der Waals surface area contributed by atoms with E-state index in [4.69, 9.17) is 10.5 Å². The first kappa shape index (κ1) is 22.3. The zero-order chi connectivity index (χ0) is 23.3. The minimum Gasteiger partial charge on any atom is -0.380 e. The summed E-state index contributed by atoms with van der Waals surface area (Å²) < 4.78 is 61.4. The molecule has 2 unspecified atom stereocenters. The molecule has 0 saturated carbocycles. The van der Waals surface area contributed by atoms with Crippen molar-refractivity contribution in [3.63, 3.8) is 0 Å². The SMILES string of the molecule is CN1C(N)=N[C@@]2(C3=CC(NC(=O)c4ccc(F)cn4)=CCC3(C)F)CCOCC2S1(=O)=O. The fourth-order valence-electron chi connectivity index (χ4n) is 4.29. The Labute approximate surface area is 184 Å². The maximum absolute atomic E-state index is 15.8. The van der Waals surface area contributed by atoms with Crippen LogP contribution in [0.15, 0.2) is 46.7 Å². The molecule has 0 spiro atoms. The predicted octanol–water partition coefficient (Wildman–Crippen LogP) is 1.01. The summed E-state index contributed by atoms with van der Waals surface area (Å²) >= 11 is 0. The molecule has 1 aromatic heterocycles. The summed E-state index contributed by atoms with van der Waals surface area (Å²) in [5.41, 5.74) is 2.85. The fourth-order valence-corrected chi connectivity index (χ4v) is 6.03. The fraction of sp³-hybridized carbons (Fsp3) is 0.450. The Balaban J connectivity index is 1.76. The van der Waals surface area contributed by atoms with E-state index in [0.717, 1.165) is 16.6 Å². The highest BCUT2D eigenvalue weighted by Gasteiger charge is 2.59. The summed E-state index contributed by atoms with van der Waals surface area (Å²) in [6, 6.07) is 2.32. The smallest absolute Gasteiger partial charge is 0.274 e. The van der Waals surface area contributed by atoms with Gasteiger partial charge in [0.25, 0.3) is 5.91 Å². The van der Waals surface area contributed by atoms with E-state index in [1.54, 1.807) is 0 Å². The summed E-state index contributed by atoms with van der Waals surface area (Å²) in [5, 5.41) is 1.45. The van der Waals surface area contributed by atoms with Gasteiger partial charge in [-0.25, -0.2) is 31.5 Å². The van der Waals surface area contributed by atoms with Gasteiger partial charge in [-0.1, -0.05) is 6.08 Å². The monoisotopic (exact) mass is 467 g/mol. The van der Waals surface area contributed by atoms with Crippen LogP contribution in [0, 0.1) is 5.82 Å². The number of guanidine groups is 1. The van der Waals surface area contributed by atoms with Gasteiger partial charge in [0.15, 0.2) is 0 Å². The molecule has 1 amide bonds. The van der Waals surface area contributed by atoms with Gasteiger partial charge in [0.1, 0.15) is 28.0 Å². The first-order chi connectivity index (χ1) is 15.0. The predicted molar refractivity (Wildman–Crippen MR) is 112 cm³/mol. The molecule has 32 heavy (non-hydrogen) atoms. The van der Waals surface area contributed by atoms with Crippen molar-refractivity contribution in [2.24, 2.45) is 10.7 Å². The zero-order valence-electron chi connectivity index (χ0n) is 17.5. The number of carbonyl (C=O) groups excluding carboxylic acids is 1. The highest BCUT2D eigenvalue weighted by Crippen LogP contribution is 2.48. The molecule has 3 aliphatic rings. The number of hydrogen-bond acceptors (Lipinski definition) is 7. The molecule has 1 aromatic rings. The number of nitrogens with one attached hydrogen (secondary N) is 1. The number of allylic oxidation sites excluding steroid dienone is 2. The molecule has 0 bridgehead atoms. The average Bonchev–Trinajstić information content (AvgIpc) is 2.74. The van der Waals surface area contributed by atoms with Crippen LogP contribution in [0.1, 0.15) is 30.3 Å². The summed E-state index contributed by atoms with van der Waals surface area (Å²) in [4.78, 5) is 20.7. The first-order valence-corrected chi connectivity index (χ1v) is 11.4. The van der Waals surface area contributed by atoms with E-state index in [1.807, 2.05) is 0 Å². The van der Waals surface area contributed by atoms with E-state index in [0.29, 0.717) is 0 Å². The highest BCUT2D eigenvalue weighted by molar-refractivity contribution is 7.90. The molecule has 3 heterocycles. The van der Waals surface area contributed by atoms with Crippen molar-refractivity contribution in [1.29, 1.82) is 0 Å². The molecule has 172 valence electrons. The average molecular weight is 467 g/mol. The first-order valence-electron chi connectivity index (χ1n) is 9.93. The van der Waals surface area contributed by atoms with Gasteiger partial charge in [-0.05, 0) is 30.7 Å². The molecule has 2 aliphatic heterocycles. The summed E-state index contributed by atoms with van der Waals surface area (Å²) in [5.74, 6) is -1.44. The Morgan fingerprint density at radius 3 is 2.84 bits per heavy atom. The number of pyridine rings is 1. The number of nitrogens with two attached hydrogens (primary N) is 1. The van der Waals surface area contributed by atoms with Crippen LogP contribution in [0.2, 0.25) is 0 Å². The van der Waals surface area contributed by atoms with Crippen LogP contribution in [0.4, 0.5) is 8.78 Å². The third kappa shape index (κ3) is 3.56. The van der Waals surface area contributed by atoms with Crippen LogP contribution in [0.25, 0.3) is 0 Å². The molecule has 9 nitrogen and oxygen atoms in total. The number of amides is 1. The van der Waals surface area contributed by atoms with E-state index in [1.165, 1.54) is 32.2 Å². The molecule has 4 rings (SSSR count). The number of rotatable bonds is 3. The van der Waals surface area contributed by atoms with Crippen LogP contribution in [-0.4, -0.2) is 66.3 Å². The lowest BCUT2D eigenvalue weighted by molar-refractivity contribution is 0.0546.